The molecule has 0 aromatic heterocycles. The lowest BCUT2D eigenvalue weighted by molar-refractivity contribution is 0.0946. The van der Waals surface area contributed by atoms with Crippen molar-refractivity contribution in [3.05, 3.63) is 47.5 Å². The molecule has 0 atom stereocenters. The van der Waals surface area contributed by atoms with Crippen LogP contribution in [0.3, 0.4) is 0 Å². The molecule has 6 nitrogen and oxygen atoms in total. The fourth-order valence-corrected chi connectivity index (χ4v) is 2.70. The quantitative estimate of drug-likeness (QED) is 0.698. The molecule has 0 fully saturated rings. The van der Waals surface area contributed by atoms with E-state index >= 15 is 0 Å². The van der Waals surface area contributed by atoms with Gasteiger partial charge in [0.15, 0.2) is 11.5 Å². The molecule has 152 valence electrons. The molecule has 0 aliphatic heterocycles. The van der Waals surface area contributed by atoms with Gasteiger partial charge >= 0.3 is 0 Å². The Morgan fingerprint density at radius 3 is 2.14 bits per heavy atom. The van der Waals surface area contributed by atoms with E-state index in [4.69, 9.17) is 18.9 Å². The lowest BCUT2D eigenvalue weighted by Gasteiger charge is -2.19. The maximum Gasteiger partial charge on any atom is 0.251 e. The van der Waals surface area contributed by atoms with Crippen molar-refractivity contribution in [3.63, 3.8) is 0 Å². The molecule has 0 aliphatic rings. The highest BCUT2D eigenvalue weighted by atomic mass is 16.5. The Hall–Kier alpha value is -2.89. The fraction of sp³-hybridized carbons (Fsp3) is 0.409. The Bertz CT molecular complexity index is 786. The van der Waals surface area contributed by atoms with Gasteiger partial charge in [-0.1, -0.05) is 32.9 Å². The minimum absolute atomic E-state index is 0.0556. The van der Waals surface area contributed by atoms with Crippen molar-refractivity contribution < 1.29 is 23.7 Å². The van der Waals surface area contributed by atoms with Gasteiger partial charge in [0.05, 0.1) is 27.9 Å². The summed E-state index contributed by atoms with van der Waals surface area (Å²) in [5.74, 6) is 1.86. The molecule has 0 radical (unpaired) electrons. The Labute approximate surface area is 166 Å². The summed E-state index contributed by atoms with van der Waals surface area (Å²) in [5, 5.41) is 2.84. The molecule has 0 spiro atoms. The summed E-state index contributed by atoms with van der Waals surface area (Å²) >= 11 is 0. The van der Waals surface area contributed by atoms with E-state index in [0.717, 1.165) is 5.75 Å². The van der Waals surface area contributed by atoms with E-state index in [2.05, 4.69) is 32.2 Å². The minimum atomic E-state index is -0.244. The van der Waals surface area contributed by atoms with Crippen LogP contribution in [0.4, 0.5) is 0 Å². The van der Waals surface area contributed by atoms with Gasteiger partial charge in [0.25, 0.3) is 5.91 Å². The molecular weight excluding hydrogens is 358 g/mol. The molecule has 1 amide bonds. The minimum Gasteiger partial charge on any atom is -0.493 e. The second-order valence-electron chi connectivity index (χ2n) is 7.30. The zero-order valence-corrected chi connectivity index (χ0v) is 17.4. The second-order valence-corrected chi connectivity index (χ2v) is 7.30. The van der Waals surface area contributed by atoms with E-state index in [1.807, 2.05) is 18.2 Å². The topological polar surface area (TPSA) is 66.0 Å². The van der Waals surface area contributed by atoms with Crippen LogP contribution in [0, 0.1) is 0 Å². The molecule has 1 N–H and O–H groups in total. The van der Waals surface area contributed by atoms with Gasteiger partial charge in [0.1, 0.15) is 12.4 Å². The molecule has 0 unspecified atom stereocenters. The van der Waals surface area contributed by atoms with Crippen LogP contribution in [0.2, 0.25) is 0 Å². The fourth-order valence-electron chi connectivity index (χ4n) is 2.70. The average Bonchev–Trinajstić information content (AvgIpc) is 2.69. The highest BCUT2D eigenvalue weighted by Gasteiger charge is 2.17. The molecule has 2 rings (SSSR count). The van der Waals surface area contributed by atoms with Gasteiger partial charge in [-0.15, -0.1) is 0 Å². The molecule has 0 saturated heterocycles. The van der Waals surface area contributed by atoms with E-state index < -0.39 is 0 Å². The van der Waals surface area contributed by atoms with Crippen molar-refractivity contribution in [1.29, 1.82) is 0 Å². The number of benzene rings is 2. The lowest BCUT2D eigenvalue weighted by atomic mass is 9.87. The number of hydrogen-bond donors (Lipinski definition) is 1. The van der Waals surface area contributed by atoms with Crippen molar-refractivity contribution in [3.8, 4) is 23.0 Å². The number of methoxy groups -OCH3 is 3. The highest BCUT2D eigenvalue weighted by Crippen LogP contribution is 2.38. The molecule has 2 aromatic rings. The normalized spacial score (nSPS) is 10.9. The summed E-state index contributed by atoms with van der Waals surface area (Å²) in [6.45, 7) is 7.20. The first kappa shape index (κ1) is 21.4. The van der Waals surface area contributed by atoms with Crippen molar-refractivity contribution in [1.82, 2.24) is 5.32 Å². The molecule has 0 heterocycles. The average molecular weight is 387 g/mol. The summed E-state index contributed by atoms with van der Waals surface area (Å²) in [6.07, 6.45) is 0. The maximum atomic E-state index is 12.5. The Balaban J connectivity index is 1.96. The third kappa shape index (κ3) is 5.31. The van der Waals surface area contributed by atoms with Crippen LogP contribution < -0.4 is 24.3 Å². The van der Waals surface area contributed by atoms with E-state index in [9.17, 15) is 4.79 Å². The number of rotatable bonds is 8. The largest absolute Gasteiger partial charge is 0.493 e. The summed E-state index contributed by atoms with van der Waals surface area (Å²) in [4.78, 5) is 12.5. The number of carbonyl (C=O) groups is 1. The molecular formula is C22H29NO5. The summed E-state index contributed by atoms with van der Waals surface area (Å²) in [7, 11) is 4.54. The van der Waals surface area contributed by atoms with Crippen LogP contribution in [0.1, 0.15) is 36.7 Å². The van der Waals surface area contributed by atoms with Crippen molar-refractivity contribution >= 4 is 5.91 Å². The first-order valence-corrected chi connectivity index (χ1v) is 9.11. The van der Waals surface area contributed by atoms with Gasteiger partial charge in [0.2, 0.25) is 5.75 Å². The summed E-state index contributed by atoms with van der Waals surface area (Å²) in [6, 6.07) is 11.2. The molecule has 0 bridgehead atoms. The van der Waals surface area contributed by atoms with Crippen LogP contribution in [0.15, 0.2) is 36.4 Å². The molecule has 0 saturated carbocycles. The predicted molar refractivity (Wildman–Crippen MR) is 109 cm³/mol. The molecule has 6 heteroatoms. The van der Waals surface area contributed by atoms with Crippen LogP contribution in [0.25, 0.3) is 0 Å². The summed E-state index contributed by atoms with van der Waals surface area (Å²) in [5.41, 5.74) is 1.68. The third-order valence-electron chi connectivity index (χ3n) is 4.28. The van der Waals surface area contributed by atoms with Crippen LogP contribution in [0.5, 0.6) is 23.0 Å². The first-order chi connectivity index (χ1) is 13.3. The monoisotopic (exact) mass is 387 g/mol. The van der Waals surface area contributed by atoms with Gasteiger partial charge in [-0.2, -0.15) is 0 Å². The van der Waals surface area contributed by atoms with E-state index in [1.54, 1.807) is 12.1 Å². The number of amides is 1. The van der Waals surface area contributed by atoms with Crippen LogP contribution in [-0.2, 0) is 5.41 Å². The standard InChI is InChI=1S/C22H29NO5/c1-22(2,3)16-8-7-9-17(14-16)28-11-10-23-21(24)15-12-18(25-4)20(27-6)19(13-15)26-5/h7-9,12-14H,10-11H2,1-6H3,(H,23,24). The number of nitrogens with one attached hydrogen (secondary N) is 1. The molecule has 2 aromatic carbocycles. The SMILES string of the molecule is COc1cc(C(=O)NCCOc2cccc(C(C)(C)C)c2)cc(OC)c1OC. The van der Waals surface area contributed by atoms with Crippen molar-refractivity contribution in [2.75, 3.05) is 34.5 Å². The Kier molecular flexibility index (Phi) is 7.15. The molecule has 28 heavy (non-hydrogen) atoms. The second kappa shape index (κ2) is 9.35. The number of carbonyl (C=O) groups excluding carboxylic acids is 1. The first-order valence-electron chi connectivity index (χ1n) is 9.11. The van der Waals surface area contributed by atoms with Gasteiger partial charge in [0, 0.05) is 5.56 Å². The van der Waals surface area contributed by atoms with Crippen molar-refractivity contribution in [2.45, 2.75) is 26.2 Å². The Morgan fingerprint density at radius 1 is 0.964 bits per heavy atom. The van der Waals surface area contributed by atoms with Crippen LogP contribution in [-0.4, -0.2) is 40.4 Å². The zero-order chi connectivity index (χ0) is 20.7. The van der Waals surface area contributed by atoms with Crippen molar-refractivity contribution in [2.24, 2.45) is 0 Å². The van der Waals surface area contributed by atoms with Gasteiger partial charge in [-0.05, 0) is 35.2 Å². The third-order valence-corrected chi connectivity index (χ3v) is 4.28. The number of ether oxygens (including phenoxy) is 4. The van der Waals surface area contributed by atoms with E-state index in [1.165, 1.54) is 26.9 Å². The number of hydrogen-bond acceptors (Lipinski definition) is 5. The van der Waals surface area contributed by atoms with Crippen LogP contribution >= 0.6 is 0 Å². The lowest BCUT2D eigenvalue weighted by Crippen LogP contribution is -2.28. The highest BCUT2D eigenvalue weighted by molar-refractivity contribution is 5.95. The summed E-state index contributed by atoms with van der Waals surface area (Å²) < 4.78 is 21.6. The van der Waals surface area contributed by atoms with E-state index in [-0.39, 0.29) is 11.3 Å². The Morgan fingerprint density at radius 2 is 1.61 bits per heavy atom. The van der Waals surface area contributed by atoms with E-state index in [0.29, 0.717) is 36.0 Å². The van der Waals surface area contributed by atoms with Gasteiger partial charge in [-0.3, -0.25) is 4.79 Å². The zero-order valence-electron chi connectivity index (χ0n) is 17.4. The van der Waals surface area contributed by atoms with Gasteiger partial charge < -0.3 is 24.3 Å². The molecule has 0 aliphatic carbocycles. The van der Waals surface area contributed by atoms with Gasteiger partial charge in [-0.25, -0.2) is 0 Å². The smallest absolute Gasteiger partial charge is 0.251 e. The predicted octanol–water partition coefficient (Wildman–Crippen LogP) is 3.82. The maximum absolute atomic E-state index is 12.5.